The molecule has 0 unspecified atom stereocenters. The van der Waals surface area contributed by atoms with Gasteiger partial charge in [0.25, 0.3) is 5.91 Å². The molecule has 1 saturated carbocycles. The molecule has 1 atom stereocenters. The molecule has 0 aliphatic heterocycles. The Balaban J connectivity index is 1.79. The summed E-state index contributed by atoms with van der Waals surface area (Å²) in [6.45, 7) is 0.526. The van der Waals surface area contributed by atoms with Gasteiger partial charge < -0.3 is 10.4 Å². The topological polar surface area (TPSA) is 49.3 Å². The SMILES string of the molecule is O=C(NCC[C@@H](O)C1CC1)c1ccccc1Br. The molecular weight excluding hydrogens is 282 g/mol. The molecule has 1 aliphatic carbocycles. The van der Waals surface area contributed by atoms with Crippen LogP contribution in [0.4, 0.5) is 0 Å². The number of carbonyl (C=O) groups is 1. The van der Waals surface area contributed by atoms with Gasteiger partial charge in [-0.05, 0) is 53.2 Å². The molecule has 0 radical (unpaired) electrons. The van der Waals surface area contributed by atoms with Crippen LogP contribution in [0, 0.1) is 5.92 Å². The van der Waals surface area contributed by atoms with E-state index < -0.39 is 0 Å². The molecule has 0 spiro atoms. The van der Waals surface area contributed by atoms with Crippen LogP contribution in [0.3, 0.4) is 0 Å². The van der Waals surface area contributed by atoms with Gasteiger partial charge in [-0.1, -0.05) is 12.1 Å². The third-order valence-corrected chi connectivity index (χ3v) is 3.70. The zero-order valence-corrected chi connectivity index (χ0v) is 11.1. The highest BCUT2D eigenvalue weighted by atomic mass is 79.9. The number of halogens is 1. The molecule has 2 rings (SSSR count). The van der Waals surface area contributed by atoms with Crippen LogP contribution in [-0.4, -0.2) is 23.7 Å². The van der Waals surface area contributed by atoms with E-state index in [9.17, 15) is 9.90 Å². The Bertz CT molecular complexity index is 404. The average molecular weight is 298 g/mol. The molecule has 1 amide bonds. The van der Waals surface area contributed by atoms with Gasteiger partial charge in [-0.15, -0.1) is 0 Å². The van der Waals surface area contributed by atoms with Gasteiger partial charge in [0.05, 0.1) is 11.7 Å². The fourth-order valence-corrected chi connectivity index (χ4v) is 2.26. The molecule has 3 nitrogen and oxygen atoms in total. The Labute approximate surface area is 109 Å². The first-order valence-corrected chi connectivity index (χ1v) is 6.68. The number of hydrogen-bond acceptors (Lipinski definition) is 2. The van der Waals surface area contributed by atoms with E-state index in [0.717, 1.165) is 17.3 Å². The van der Waals surface area contributed by atoms with E-state index in [4.69, 9.17) is 0 Å². The minimum Gasteiger partial charge on any atom is -0.393 e. The van der Waals surface area contributed by atoms with Crippen molar-refractivity contribution >= 4 is 21.8 Å². The van der Waals surface area contributed by atoms with Crippen molar-refractivity contribution in [2.24, 2.45) is 5.92 Å². The Kier molecular flexibility index (Phi) is 4.18. The lowest BCUT2D eigenvalue weighted by Gasteiger charge is -2.10. The number of nitrogens with one attached hydrogen (secondary N) is 1. The summed E-state index contributed by atoms with van der Waals surface area (Å²) in [7, 11) is 0. The Morgan fingerprint density at radius 2 is 2.18 bits per heavy atom. The second-order valence-corrected chi connectivity index (χ2v) is 5.28. The first kappa shape index (κ1) is 12.6. The van der Waals surface area contributed by atoms with Crippen molar-refractivity contribution in [1.82, 2.24) is 5.32 Å². The Morgan fingerprint density at radius 3 is 2.82 bits per heavy atom. The van der Waals surface area contributed by atoms with Crippen LogP contribution in [0.15, 0.2) is 28.7 Å². The highest BCUT2D eigenvalue weighted by molar-refractivity contribution is 9.10. The van der Waals surface area contributed by atoms with Gasteiger partial charge in [0.2, 0.25) is 0 Å². The summed E-state index contributed by atoms with van der Waals surface area (Å²) in [6, 6.07) is 7.32. The van der Waals surface area contributed by atoms with Crippen molar-refractivity contribution in [3.8, 4) is 0 Å². The van der Waals surface area contributed by atoms with Crippen LogP contribution < -0.4 is 5.32 Å². The van der Waals surface area contributed by atoms with Crippen LogP contribution >= 0.6 is 15.9 Å². The fraction of sp³-hybridized carbons (Fsp3) is 0.462. The van der Waals surface area contributed by atoms with Crippen LogP contribution in [0.2, 0.25) is 0 Å². The lowest BCUT2D eigenvalue weighted by Crippen LogP contribution is -2.27. The van der Waals surface area contributed by atoms with Gasteiger partial charge in [0.15, 0.2) is 0 Å². The van der Waals surface area contributed by atoms with Crippen molar-refractivity contribution in [1.29, 1.82) is 0 Å². The normalized spacial score (nSPS) is 16.6. The Morgan fingerprint density at radius 1 is 1.47 bits per heavy atom. The van der Waals surface area contributed by atoms with Crippen LogP contribution in [0.25, 0.3) is 0 Å². The number of carbonyl (C=O) groups excluding carboxylic acids is 1. The number of aliphatic hydroxyl groups is 1. The lowest BCUT2D eigenvalue weighted by atomic mass is 10.1. The van der Waals surface area contributed by atoms with Crippen molar-refractivity contribution in [3.63, 3.8) is 0 Å². The molecule has 1 aromatic carbocycles. The summed E-state index contributed by atoms with van der Waals surface area (Å²) >= 11 is 3.34. The van der Waals surface area contributed by atoms with E-state index in [0.29, 0.717) is 24.4 Å². The smallest absolute Gasteiger partial charge is 0.252 e. The molecule has 0 aromatic heterocycles. The second kappa shape index (κ2) is 5.65. The van der Waals surface area contributed by atoms with Crippen LogP contribution in [0.1, 0.15) is 29.6 Å². The molecule has 1 aromatic rings. The largest absolute Gasteiger partial charge is 0.393 e. The molecule has 17 heavy (non-hydrogen) atoms. The monoisotopic (exact) mass is 297 g/mol. The average Bonchev–Trinajstić information content (AvgIpc) is 3.13. The van der Waals surface area contributed by atoms with Crippen LogP contribution in [0.5, 0.6) is 0 Å². The molecule has 0 bridgehead atoms. The summed E-state index contributed by atoms with van der Waals surface area (Å²) in [5.41, 5.74) is 0.633. The standard InChI is InChI=1S/C13H16BrNO2/c14-11-4-2-1-3-10(11)13(17)15-8-7-12(16)9-5-6-9/h1-4,9,12,16H,5-8H2,(H,15,17)/t12-/m1/s1. The molecular formula is C13H16BrNO2. The van der Waals surface area contributed by atoms with E-state index in [1.54, 1.807) is 6.07 Å². The first-order valence-electron chi connectivity index (χ1n) is 5.89. The highest BCUT2D eigenvalue weighted by Crippen LogP contribution is 2.33. The van der Waals surface area contributed by atoms with E-state index in [2.05, 4.69) is 21.2 Å². The lowest BCUT2D eigenvalue weighted by molar-refractivity contribution is 0.0936. The quantitative estimate of drug-likeness (QED) is 0.876. The Hall–Kier alpha value is -0.870. The predicted octanol–water partition coefficient (Wildman–Crippen LogP) is 2.34. The maximum atomic E-state index is 11.8. The summed E-state index contributed by atoms with van der Waals surface area (Å²) in [6.07, 6.45) is 2.63. The van der Waals surface area contributed by atoms with E-state index >= 15 is 0 Å². The highest BCUT2D eigenvalue weighted by Gasteiger charge is 2.29. The van der Waals surface area contributed by atoms with Crippen molar-refractivity contribution < 1.29 is 9.90 Å². The molecule has 0 saturated heterocycles. The van der Waals surface area contributed by atoms with E-state index in [1.807, 2.05) is 18.2 Å². The zero-order chi connectivity index (χ0) is 12.3. The number of amides is 1. The third-order valence-electron chi connectivity index (χ3n) is 3.01. The maximum absolute atomic E-state index is 11.8. The fourth-order valence-electron chi connectivity index (χ4n) is 1.79. The maximum Gasteiger partial charge on any atom is 0.252 e. The van der Waals surface area contributed by atoms with Crippen LogP contribution in [-0.2, 0) is 0 Å². The van der Waals surface area contributed by atoms with Crippen molar-refractivity contribution in [3.05, 3.63) is 34.3 Å². The number of hydrogen-bond donors (Lipinski definition) is 2. The summed E-state index contributed by atoms with van der Waals surface area (Å²) in [4.78, 5) is 11.8. The van der Waals surface area contributed by atoms with Gasteiger partial charge >= 0.3 is 0 Å². The molecule has 2 N–H and O–H groups in total. The molecule has 1 aliphatic rings. The van der Waals surface area contributed by atoms with Gasteiger partial charge in [0, 0.05) is 11.0 Å². The minimum atomic E-state index is -0.255. The predicted molar refractivity (Wildman–Crippen MR) is 69.8 cm³/mol. The number of rotatable bonds is 5. The van der Waals surface area contributed by atoms with E-state index in [-0.39, 0.29) is 12.0 Å². The zero-order valence-electron chi connectivity index (χ0n) is 9.53. The van der Waals surface area contributed by atoms with E-state index in [1.165, 1.54) is 0 Å². The molecule has 92 valence electrons. The summed E-state index contributed by atoms with van der Waals surface area (Å²) in [5.74, 6) is 0.371. The van der Waals surface area contributed by atoms with Gasteiger partial charge in [-0.2, -0.15) is 0 Å². The second-order valence-electron chi connectivity index (χ2n) is 4.43. The van der Waals surface area contributed by atoms with Crippen molar-refractivity contribution in [2.75, 3.05) is 6.54 Å². The van der Waals surface area contributed by atoms with Gasteiger partial charge in [-0.25, -0.2) is 0 Å². The van der Waals surface area contributed by atoms with Gasteiger partial charge in [-0.3, -0.25) is 4.79 Å². The summed E-state index contributed by atoms with van der Waals surface area (Å²) < 4.78 is 0.792. The first-order chi connectivity index (χ1) is 8.18. The van der Waals surface area contributed by atoms with Crippen molar-refractivity contribution in [2.45, 2.75) is 25.4 Å². The molecule has 1 fully saturated rings. The minimum absolute atomic E-state index is 0.0968. The number of benzene rings is 1. The summed E-state index contributed by atoms with van der Waals surface area (Å²) in [5, 5.41) is 12.5. The third kappa shape index (κ3) is 3.54. The molecule has 4 heteroatoms. The van der Waals surface area contributed by atoms with Gasteiger partial charge in [0.1, 0.15) is 0 Å². The number of aliphatic hydroxyl groups excluding tert-OH is 1. The molecule has 0 heterocycles.